The summed E-state index contributed by atoms with van der Waals surface area (Å²) in [6.07, 6.45) is 0. The zero-order valence-corrected chi connectivity index (χ0v) is 18.9. The molecule has 1 amide bonds. The van der Waals surface area contributed by atoms with Gasteiger partial charge in [0.05, 0.1) is 6.04 Å². The second-order valence-corrected chi connectivity index (χ2v) is 8.61. The van der Waals surface area contributed by atoms with Crippen LogP contribution in [0.3, 0.4) is 0 Å². The Kier molecular flexibility index (Phi) is 7.15. The van der Waals surface area contributed by atoms with Crippen LogP contribution < -0.4 is 5.32 Å². The van der Waals surface area contributed by atoms with E-state index in [0.29, 0.717) is 12.3 Å². The highest BCUT2D eigenvalue weighted by Gasteiger charge is 2.21. The lowest BCUT2D eigenvalue weighted by atomic mass is 9.86. The monoisotopic (exact) mass is 414 g/mol. The number of nitrogens with zero attached hydrogens (tertiary/aromatic N) is 1. The van der Waals surface area contributed by atoms with Crippen molar-refractivity contribution in [1.29, 1.82) is 0 Å². The molecule has 2 aromatic carbocycles. The molecule has 3 aromatic rings. The number of hydrogen-bond acceptors (Lipinski definition) is 3. The smallest absolute Gasteiger partial charge is 0.287 e. The number of rotatable bonds is 5. The average Bonchev–Trinajstić information content (AvgIpc) is 2.98. The van der Waals surface area contributed by atoms with Crippen LogP contribution in [0.15, 0.2) is 52.9 Å². The Labute approximate surface area is 179 Å². The second-order valence-electron chi connectivity index (χ2n) is 8.61. The highest BCUT2D eigenvalue weighted by atomic mass is 35.5. The number of carbonyl (C=O) groups excluding carboxylic acids is 1. The van der Waals surface area contributed by atoms with E-state index in [1.54, 1.807) is 0 Å². The summed E-state index contributed by atoms with van der Waals surface area (Å²) in [5.74, 6) is 0.216. The normalized spacial score (nSPS) is 12.7. The number of likely N-dealkylation sites (N-methyl/N-ethyl adjacent to an activating group) is 1. The highest BCUT2D eigenvalue weighted by Crippen LogP contribution is 2.27. The molecule has 5 heteroatoms. The maximum Gasteiger partial charge on any atom is 0.287 e. The van der Waals surface area contributed by atoms with Gasteiger partial charge in [0.2, 0.25) is 0 Å². The third-order valence-electron chi connectivity index (χ3n) is 5.29. The van der Waals surface area contributed by atoms with E-state index in [9.17, 15) is 4.79 Å². The van der Waals surface area contributed by atoms with Gasteiger partial charge in [0, 0.05) is 17.5 Å². The molecule has 0 bridgehead atoms. The van der Waals surface area contributed by atoms with Crippen LogP contribution in [0.5, 0.6) is 0 Å². The summed E-state index contributed by atoms with van der Waals surface area (Å²) < 4.78 is 5.79. The SMILES string of the molecule is Cc1c(C(=O)NCC(c2ccc(C(C)(C)C)cc2)N(C)C)oc2ccccc12.Cl. The molecule has 0 saturated carbocycles. The van der Waals surface area contributed by atoms with Crippen molar-refractivity contribution in [3.05, 3.63) is 71.0 Å². The lowest BCUT2D eigenvalue weighted by Gasteiger charge is -2.26. The summed E-state index contributed by atoms with van der Waals surface area (Å²) in [4.78, 5) is 14.9. The molecule has 0 aliphatic carbocycles. The zero-order chi connectivity index (χ0) is 20.5. The molecule has 0 aliphatic heterocycles. The number of fused-ring (bicyclic) bond motifs is 1. The molecular weight excluding hydrogens is 384 g/mol. The van der Waals surface area contributed by atoms with E-state index in [-0.39, 0.29) is 29.8 Å². The third-order valence-corrected chi connectivity index (χ3v) is 5.29. The summed E-state index contributed by atoms with van der Waals surface area (Å²) >= 11 is 0. The van der Waals surface area contributed by atoms with Gasteiger partial charge in [-0.25, -0.2) is 0 Å². The molecule has 1 unspecified atom stereocenters. The first-order valence-electron chi connectivity index (χ1n) is 9.71. The Hall–Kier alpha value is -2.30. The standard InChI is InChI=1S/C24H30N2O2.ClH/c1-16-19-9-7-8-10-21(19)28-22(16)23(27)25-15-20(26(5)6)17-11-13-18(14-12-17)24(2,3)4;/h7-14,20H,15H2,1-6H3,(H,25,27);1H. The van der Waals surface area contributed by atoms with Gasteiger partial charge in [-0.05, 0) is 43.6 Å². The van der Waals surface area contributed by atoms with Crippen molar-refractivity contribution in [2.45, 2.75) is 39.2 Å². The van der Waals surface area contributed by atoms with Gasteiger partial charge in [0.1, 0.15) is 5.58 Å². The van der Waals surface area contributed by atoms with Crippen molar-refractivity contribution in [2.24, 2.45) is 0 Å². The molecule has 0 aliphatic rings. The van der Waals surface area contributed by atoms with E-state index in [4.69, 9.17) is 4.42 Å². The molecule has 29 heavy (non-hydrogen) atoms. The molecule has 0 spiro atoms. The minimum absolute atomic E-state index is 0. The van der Waals surface area contributed by atoms with E-state index >= 15 is 0 Å². The summed E-state index contributed by atoms with van der Waals surface area (Å²) in [5.41, 5.74) is 4.23. The molecule has 3 rings (SSSR count). The van der Waals surface area contributed by atoms with Gasteiger partial charge in [0.15, 0.2) is 5.76 Å². The van der Waals surface area contributed by atoms with Crippen molar-refractivity contribution in [3.8, 4) is 0 Å². The van der Waals surface area contributed by atoms with Crippen molar-refractivity contribution in [3.63, 3.8) is 0 Å². The van der Waals surface area contributed by atoms with Crippen LogP contribution in [0.2, 0.25) is 0 Å². The minimum atomic E-state index is -0.174. The first-order chi connectivity index (χ1) is 13.2. The molecule has 1 atom stereocenters. The van der Waals surface area contributed by atoms with Crippen molar-refractivity contribution < 1.29 is 9.21 Å². The van der Waals surface area contributed by atoms with E-state index in [0.717, 1.165) is 16.5 Å². The number of aryl methyl sites for hydroxylation is 1. The Morgan fingerprint density at radius 3 is 2.24 bits per heavy atom. The third kappa shape index (κ3) is 5.01. The molecule has 0 radical (unpaired) electrons. The first kappa shape index (κ1) is 23.0. The van der Waals surface area contributed by atoms with Crippen molar-refractivity contribution >= 4 is 29.3 Å². The Morgan fingerprint density at radius 2 is 1.69 bits per heavy atom. The number of furan rings is 1. The van der Waals surface area contributed by atoms with Crippen LogP contribution >= 0.6 is 12.4 Å². The molecule has 156 valence electrons. The van der Waals surface area contributed by atoms with Crippen LogP contribution in [-0.2, 0) is 5.41 Å². The fourth-order valence-corrected chi connectivity index (χ4v) is 3.46. The molecule has 0 fully saturated rings. The maximum absolute atomic E-state index is 12.8. The summed E-state index contributed by atoms with van der Waals surface area (Å²) in [6.45, 7) is 9.07. The van der Waals surface area contributed by atoms with Crippen LogP contribution in [-0.4, -0.2) is 31.4 Å². The number of hydrogen-bond donors (Lipinski definition) is 1. The number of amides is 1. The van der Waals surface area contributed by atoms with Gasteiger partial charge < -0.3 is 14.6 Å². The number of carbonyl (C=O) groups is 1. The van der Waals surface area contributed by atoms with Gasteiger partial charge in [-0.2, -0.15) is 0 Å². The molecule has 1 aromatic heterocycles. The van der Waals surface area contributed by atoms with Gasteiger partial charge in [-0.1, -0.05) is 63.2 Å². The lowest BCUT2D eigenvalue weighted by molar-refractivity contribution is 0.0915. The lowest BCUT2D eigenvalue weighted by Crippen LogP contribution is -2.34. The van der Waals surface area contributed by atoms with E-state index < -0.39 is 0 Å². The largest absolute Gasteiger partial charge is 0.451 e. The molecule has 4 nitrogen and oxygen atoms in total. The Morgan fingerprint density at radius 1 is 1.07 bits per heavy atom. The number of benzene rings is 2. The summed E-state index contributed by atoms with van der Waals surface area (Å²) in [5, 5.41) is 4.03. The molecule has 1 N–H and O–H groups in total. The predicted octanol–water partition coefficient (Wildman–Crippen LogP) is 5.49. The fraction of sp³-hybridized carbons (Fsp3) is 0.375. The minimum Gasteiger partial charge on any atom is -0.451 e. The van der Waals surface area contributed by atoms with Crippen LogP contribution in [0.25, 0.3) is 11.0 Å². The maximum atomic E-state index is 12.8. The molecule has 0 saturated heterocycles. The molecule has 1 heterocycles. The van der Waals surface area contributed by atoms with Crippen molar-refractivity contribution in [1.82, 2.24) is 10.2 Å². The van der Waals surface area contributed by atoms with Gasteiger partial charge >= 0.3 is 0 Å². The van der Waals surface area contributed by atoms with Gasteiger partial charge in [-0.3, -0.25) is 4.79 Å². The first-order valence-corrected chi connectivity index (χ1v) is 9.71. The summed E-state index contributed by atoms with van der Waals surface area (Å²) in [7, 11) is 4.06. The van der Waals surface area contributed by atoms with Crippen LogP contribution in [0.1, 0.15) is 54.1 Å². The van der Waals surface area contributed by atoms with Gasteiger partial charge in [0.25, 0.3) is 5.91 Å². The number of para-hydroxylation sites is 1. The Bertz CT molecular complexity index is 969. The van der Waals surface area contributed by atoms with Crippen LogP contribution in [0.4, 0.5) is 0 Å². The molecular formula is C24H31ClN2O2. The topological polar surface area (TPSA) is 45.5 Å². The average molecular weight is 415 g/mol. The summed E-state index contributed by atoms with van der Waals surface area (Å²) in [6, 6.07) is 16.5. The van der Waals surface area contributed by atoms with E-state index in [1.165, 1.54) is 11.1 Å². The number of halogens is 1. The second kappa shape index (κ2) is 9.02. The highest BCUT2D eigenvalue weighted by molar-refractivity contribution is 5.98. The van der Waals surface area contributed by atoms with E-state index in [1.807, 2.05) is 45.3 Å². The Balaban J connectivity index is 0.00000300. The zero-order valence-electron chi connectivity index (χ0n) is 18.1. The number of nitrogens with one attached hydrogen (secondary N) is 1. The van der Waals surface area contributed by atoms with Crippen LogP contribution in [0, 0.1) is 6.92 Å². The van der Waals surface area contributed by atoms with Crippen molar-refractivity contribution in [2.75, 3.05) is 20.6 Å². The predicted molar refractivity (Wildman–Crippen MR) is 122 cm³/mol. The van der Waals surface area contributed by atoms with E-state index in [2.05, 4.69) is 55.3 Å². The van der Waals surface area contributed by atoms with Gasteiger partial charge in [-0.15, -0.1) is 12.4 Å². The fourth-order valence-electron chi connectivity index (χ4n) is 3.46. The quantitative estimate of drug-likeness (QED) is 0.600.